The highest BCUT2D eigenvalue weighted by molar-refractivity contribution is 7.99. The van der Waals surface area contributed by atoms with Crippen LogP contribution in [0.4, 0.5) is 18.9 Å². The highest BCUT2D eigenvalue weighted by Gasteiger charge is 2.37. The maximum Gasteiger partial charge on any atom is 0.433 e. The van der Waals surface area contributed by atoms with Gasteiger partial charge in [-0.25, -0.2) is 9.97 Å². The summed E-state index contributed by atoms with van der Waals surface area (Å²) in [6, 6.07) is 6.66. The van der Waals surface area contributed by atoms with Crippen LogP contribution >= 0.6 is 11.8 Å². The number of nitrogens with zero attached hydrogens (tertiary/aromatic N) is 2. The van der Waals surface area contributed by atoms with Crippen LogP contribution in [0.25, 0.3) is 0 Å². The molecule has 1 amide bonds. The van der Waals surface area contributed by atoms with E-state index in [2.05, 4.69) is 15.3 Å². The van der Waals surface area contributed by atoms with Crippen LogP contribution in [-0.4, -0.2) is 27.4 Å². The van der Waals surface area contributed by atoms with E-state index in [1.54, 1.807) is 24.3 Å². The van der Waals surface area contributed by atoms with Crippen LogP contribution in [0.15, 0.2) is 29.4 Å². The van der Waals surface area contributed by atoms with E-state index >= 15 is 0 Å². The van der Waals surface area contributed by atoms with Gasteiger partial charge in [0.2, 0.25) is 5.91 Å². The first-order valence-corrected chi connectivity index (χ1v) is 10.7. The maximum absolute atomic E-state index is 13.4. The Labute approximate surface area is 176 Å². The zero-order valence-electron chi connectivity index (χ0n) is 16.5. The third-order valence-electron chi connectivity index (χ3n) is 4.76. The molecule has 1 aliphatic rings. The number of hydrogen-bond donors (Lipinski definition) is 1. The van der Waals surface area contributed by atoms with Crippen molar-refractivity contribution in [2.24, 2.45) is 0 Å². The van der Waals surface area contributed by atoms with Crippen molar-refractivity contribution in [3.05, 3.63) is 46.8 Å². The molecule has 0 bridgehead atoms. The molecule has 0 atom stereocenters. The Bertz CT molecular complexity index is 948. The number of halogens is 3. The molecule has 3 rings (SSSR count). The number of alkyl halides is 3. The zero-order valence-corrected chi connectivity index (χ0v) is 17.3. The number of rotatable bonds is 7. The summed E-state index contributed by atoms with van der Waals surface area (Å²) in [7, 11) is 0. The average molecular weight is 437 g/mol. The lowest BCUT2D eigenvalue weighted by Gasteiger charge is -2.20. The summed E-state index contributed by atoms with van der Waals surface area (Å²) < 4.78 is 40.1. The van der Waals surface area contributed by atoms with Gasteiger partial charge in [-0.05, 0) is 51.2 Å². The quantitative estimate of drug-likeness (QED) is 0.283. The van der Waals surface area contributed by atoms with Crippen LogP contribution in [-0.2, 0) is 23.8 Å². The fourth-order valence-corrected chi connectivity index (χ4v) is 4.11. The fourth-order valence-electron chi connectivity index (χ4n) is 3.31. The van der Waals surface area contributed by atoms with Crippen LogP contribution in [0.5, 0.6) is 0 Å². The van der Waals surface area contributed by atoms with Crippen molar-refractivity contribution in [1.82, 2.24) is 9.97 Å². The van der Waals surface area contributed by atoms with Crippen molar-refractivity contribution in [3.8, 4) is 0 Å². The van der Waals surface area contributed by atoms with Gasteiger partial charge in [-0.2, -0.15) is 13.2 Å². The second kappa shape index (κ2) is 9.59. The topological polar surface area (TPSA) is 72.0 Å². The van der Waals surface area contributed by atoms with Gasteiger partial charge >= 0.3 is 6.18 Å². The number of carbonyl (C=O) groups is 2. The first-order valence-electron chi connectivity index (χ1n) is 9.74. The summed E-state index contributed by atoms with van der Waals surface area (Å²) in [5, 5.41) is 2.83. The first kappa shape index (κ1) is 22.3. The Morgan fingerprint density at radius 2 is 1.93 bits per heavy atom. The Morgan fingerprint density at radius 1 is 1.17 bits per heavy atom. The smallest absolute Gasteiger partial charge is 0.326 e. The van der Waals surface area contributed by atoms with Crippen molar-refractivity contribution < 1.29 is 22.8 Å². The molecule has 5 nitrogen and oxygen atoms in total. The minimum atomic E-state index is -4.49. The van der Waals surface area contributed by atoms with Gasteiger partial charge in [0.05, 0.1) is 0 Å². The predicted octanol–water partition coefficient (Wildman–Crippen LogP) is 5.09. The molecule has 9 heteroatoms. The van der Waals surface area contributed by atoms with Gasteiger partial charge in [0, 0.05) is 34.7 Å². The second-order valence-electron chi connectivity index (χ2n) is 7.12. The number of aryl methyl sites for hydroxylation is 1. The number of Topliss-reactive ketones (excluding diaryl/α,β-unsaturated/α-hetero) is 1. The standard InChI is InChI=1S/C21H22F3N3O2S/c1-13(28)14-6-4-7-15(12-14)25-18(29)10-5-11-30-20-26-17-9-3-2-8-16(17)19(27-20)21(22,23)24/h4,6-7,12H,2-3,5,8-11H2,1H3,(H,25,29). The van der Waals surface area contributed by atoms with Gasteiger partial charge in [-0.3, -0.25) is 9.59 Å². The number of nitrogens with one attached hydrogen (secondary N) is 1. The SMILES string of the molecule is CC(=O)c1cccc(NC(=O)CCCSc2nc3c(c(C(F)(F)F)n2)CCCC3)c1. The summed E-state index contributed by atoms with van der Waals surface area (Å²) >= 11 is 1.13. The van der Waals surface area contributed by atoms with Crippen molar-refractivity contribution >= 4 is 29.1 Å². The van der Waals surface area contributed by atoms with Crippen molar-refractivity contribution in [2.75, 3.05) is 11.1 Å². The molecular weight excluding hydrogens is 415 g/mol. The number of amides is 1. The van der Waals surface area contributed by atoms with E-state index in [9.17, 15) is 22.8 Å². The molecule has 0 radical (unpaired) electrons. The number of thioether (sulfide) groups is 1. The lowest BCUT2D eigenvalue weighted by molar-refractivity contribution is -0.142. The Balaban J connectivity index is 1.55. The molecule has 2 aromatic rings. The monoisotopic (exact) mass is 437 g/mol. The Hall–Kier alpha value is -2.42. The number of aromatic nitrogens is 2. The molecule has 0 saturated carbocycles. The molecule has 1 aliphatic carbocycles. The van der Waals surface area contributed by atoms with E-state index in [-0.39, 0.29) is 28.8 Å². The summed E-state index contributed by atoms with van der Waals surface area (Å²) in [4.78, 5) is 31.6. The molecule has 0 saturated heterocycles. The molecule has 1 heterocycles. The molecule has 0 spiro atoms. The number of carbonyl (C=O) groups excluding carboxylic acids is 2. The van der Waals surface area contributed by atoms with Crippen molar-refractivity contribution in [2.45, 2.75) is 56.8 Å². The van der Waals surface area contributed by atoms with Crippen molar-refractivity contribution in [3.63, 3.8) is 0 Å². The minimum Gasteiger partial charge on any atom is -0.326 e. The molecule has 0 aliphatic heterocycles. The third-order valence-corrected chi connectivity index (χ3v) is 5.70. The van der Waals surface area contributed by atoms with Crippen LogP contribution in [0.3, 0.4) is 0 Å². The van der Waals surface area contributed by atoms with Gasteiger partial charge in [0.15, 0.2) is 16.6 Å². The number of ketones is 1. The number of fused-ring (bicyclic) bond motifs is 1. The molecule has 1 aromatic heterocycles. The van der Waals surface area contributed by atoms with E-state index in [0.717, 1.165) is 24.6 Å². The number of hydrogen-bond acceptors (Lipinski definition) is 5. The number of anilines is 1. The molecule has 0 fully saturated rings. The van der Waals surface area contributed by atoms with E-state index in [4.69, 9.17) is 0 Å². The van der Waals surface area contributed by atoms with E-state index in [0.29, 0.717) is 42.0 Å². The van der Waals surface area contributed by atoms with Gasteiger partial charge < -0.3 is 5.32 Å². The Kier molecular flexibility index (Phi) is 7.12. The van der Waals surface area contributed by atoms with Gasteiger partial charge in [0.1, 0.15) is 0 Å². The summed E-state index contributed by atoms with van der Waals surface area (Å²) in [6.45, 7) is 1.45. The fraction of sp³-hybridized carbons (Fsp3) is 0.429. The third kappa shape index (κ3) is 5.81. The average Bonchev–Trinajstić information content (AvgIpc) is 2.70. The van der Waals surface area contributed by atoms with Gasteiger partial charge in [-0.15, -0.1) is 0 Å². The maximum atomic E-state index is 13.4. The molecule has 0 unspecified atom stereocenters. The largest absolute Gasteiger partial charge is 0.433 e. The van der Waals surface area contributed by atoms with E-state index in [1.165, 1.54) is 6.92 Å². The summed E-state index contributed by atoms with van der Waals surface area (Å²) in [6.07, 6.45) is -1.38. The van der Waals surface area contributed by atoms with Gasteiger partial charge in [0.25, 0.3) is 0 Å². The van der Waals surface area contributed by atoms with Crippen LogP contribution in [0.1, 0.15) is 59.9 Å². The van der Waals surface area contributed by atoms with E-state index < -0.39 is 11.9 Å². The first-order chi connectivity index (χ1) is 14.2. The van der Waals surface area contributed by atoms with Gasteiger partial charge in [-0.1, -0.05) is 23.9 Å². The highest BCUT2D eigenvalue weighted by Crippen LogP contribution is 2.35. The summed E-state index contributed by atoms with van der Waals surface area (Å²) in [5.41, 5.74) is 0.943. The zero-order chi connectivity index (χ0) is 21.7. The predicted molar refractivity (Wildman–Crippen MR) is 109 cm³/mol. The van der Waals surface area contributed by atoms with Crippen LogP contribution < -0.4 is 5.32 Å². The van der Waals surface area contributed by atoms with Crippen LogP contribution in [0.2, 0.25) is 0 Å². The second-order valence-corrected chi connectivity index (χ2v) is 8.18. The normalized spacial score (nSPS) is 13.6. The lowest BCUT2D eigenvalue weighted by Crippen LogP contribution is -2.19. The van der Waals surface area contributed by atoms with Crippen molar-refractivity contribution in [1.29, 1.82) is 0 Å². The molecule has 30 heavy (non-hydrogen) atoms. The number of benzene rings is 1. The molecule has 1 N–H and O–H groups in total. The summed E-state index contributed by atoms with van der Waals surface area (Å²) in [5.74, 6) is 0.112. The highest BCUT2D eigenvalue weighted by atomic mass is 32.2. The molecule has 1 aromatic carbocycles. The lowest BCUT2D eigenvalue weighted by atomic mass is 9.94. The van der Waals surface area contributed by atoms with E-state index in [1.807, 2.05) is 0 Å². The minimum absolute atomic E-state index is 0.0919. The Morgan fingerprint density at radius 3 is 2.67 bits per heavy atom. The van der Waals surface area contributed by atoms with Crippen LogP contribution in [0, 0.1) is 0 Å². The molecule has 160 valence electrons. The molecular formula is C21H22F3N3O2S.